The van der Waals surface area contributed by atoms with Crippen LogP contribution in [-0.4, -0.2) is 23.5 Å². The van der Waals surface area contributed by atoms with Gasteiger partial charge < -0.3 is 14.8 Å². The summed E-state index contributed by atoms with van der Waals surface area (Å²) in [4.78, 5) is 22.3. The van der Waals surface area contributed by atoms with Crippen LogP contribution in [0, 0.1) is 0 Å². The maximum atomic E-state index is 12.0. The van der Waals surface area contributed by atoms with Gasteiger partial charge in [0.25, 0.3) is 5.91 Å². The molecular formula is C15H23NO4. The van der Waals surface area contributed by atoms with Crippen LogP contribution in [0.3, 0.4) is 0 Å². The van der Waals surface area contributed by atoms with Crippen molar-refractivity contribution in [2.24, 2.45) is 0 Å². The zero-order chi connectivity index (χ0) is 15.0. The van der Waals surface area contributed by atoms with Gasteiger partial charge in [-0.05, 0) is 18.9 Å². The molecule has 1 aromatic heterocycles. The van der Waals surface area contributed by atoms with Crippen LogP contribution in [0.1, 0.15) is 68.0 Å². The van der Waals surface area contributed by atoms with E-state index in [-0.39, 0.29) is 18.2 Å². The molecule has 2 N–H and O–H groups in total. The Bertz CT molecular complexity index is 437. The summed E-state index contributed by atoms with van der Waals surface area (Å²) in [6.07, 6.45) is 5.12. The van der Waals surface area contributed by atoms with Crippen LogP contribution in [0.5, 0.6) is 0 Å². The number of carboxylic acids is 1. The van der Waals surface area contributed by atoms with Gasteiger partial charge in [0.15, 0.2) is 0 Å². The van der Waals surface area contributed by atoms with Crippen molar-refractivity contribution in [2.45, 2.75) is 51.9 Å². The molecule has 0 aliphatic rings. The highest BCUT2D eigenvalue weighted by atomic mass is 16.4. The van der Waals surface area contributed by atoms with Gasteiger partial charge in [0, 0.05) is 18.9 Å². The molecule has 1 aromatic rings. The first-order valence-electron chi connectivity index (χ1n) is 7.09. The van der Waals surface area contributed by atoms with Gasteiger partial charge in [-0.2, -0.15) is 0 Å². The first-order chi connectivity index (χ1) is 9.52. The second-order valence-corrected chi connectivity index (χ2v) is 5.17. The molecule has 0 bridgehead atoms. The molecule has 0 fully saturated rings. The van der Waals surface area contributed by atoms with Crippen molar-refractivity contribution in [2.75, 3.05) is 6.54 Å². The number of carboxylic acid groups (broad SMARTS) is 1. The molecule has 1 amide bonds. The standard InChI is InChI=1S/C15H23NO4/c1-11(2)14-12(8-10-20-14)15(19)16-9-6-4-3-5-7-13(17)18/h8,10-11H,3-7,9H2,1-2H3,(H,16,19)(H,17,18). The van der Waals surface area contributed by atoms with Gasteiger partial charge >= 0.3 is 5.97 Å². The molecule has 1 heterocycles. The average Bonchev–Trinajstić information content (AvgIpc) is 2.86. The highest BCUT2D eigenvalue weighted by Crippen LogP contribution is 2.20. The molecule has 5 heteroatoms. The first kappa shape index (κ1) is 16.3. The van der Waals surface area contributed by atoms with E-state index in [0.29, 0.717) is 24.3 Å². The second kappa shape index (κ2) is 8.40. The zero-order valence-electron chi connectivity index (χ0n) is 12.1. The minimum Gasteiger partial charge on any atom is -0.481 e. The van der Waals surface area contributed by atoms with Crippen LogP contribution in [-0.2, 0) is 4.79 Å². The van der Waals surface area contributed by atoms with Crippen LogP contribution < -0.4 is 5.32 Å². The number of hydrogen-bond acceptors (Lipinski definition) is 3. The molecule has 1 rings (SSSR count). The summed E-state index contributed by atoms with van der Waals surface area (Å²) in [7, 11) is 0. The normalized spacial score (nSPS) is 10.8. The smallest absolute Gasteiger partial charge is 0.303 e. The van der Waals surface area contributed by atoms with Gasteiger partial charge in [-0.15, -0.1) is 0 Å². The van der Waals surface area contributed by atoms with E-state index in [1.807, 2.05) is 13.8 Å². The first-order valence-corrected chi connectivity index (χ1v) is 7.09. The Balaban J connectivity index is 2.20. The monoisotopic (exact) mass is 281 g/mol. The van der Waals surface area contributed by atoms with Crippen molar-refractivity contribution in [3.05, 3.63) is 23.7 Å². The molecule has 20 heavy (non-hydrogen) atoms. The predicted octanol–water partition coefficient (Wildman–Crippen LogP) is 3.17. The van der Waals surface area contributed by atoms with E-state index >= 15 is 0 Å². The molecule has 0 spiro atoms. The molecule has 0 saturated carbocycles. The van der Waals surface area contributed by atoms with E-state index < -0.39 is 5.97 Å². The minimum absolute atomic E-state index is 0.104. The van der Waals surface area contributed by atoms with E-state index in [2.05, 4.69) is 5.32 Å². The number of hydrogen-bond donors (Lipinski definition) is 2. The summed E-state index contributed by atoms with van der Waals surface area (Å²) in [5.74, 6) is 0.0400. The lowest BCUT2D eigenvalue weighted by molar-refractivity contribution is -0.137. The van der Waals surface area contributed by atoms with E-state index in [1.54, 1.807) is 6.07 Å². The number of unbranched alkanes of at least 4 members (excludes halogenated alkanes) is 3. The maximum Gasteiger partial charge on any atom is 0.303 e. The Morgan fingerprint density at radius 3 is 2.60 bits per heavy atom. The van der Waals surface area contributed by atoms with Gasteiger partial charge in [0.2, 0.25) is 0 Å². The van der Waals surface area contributed by atoms with Gasteiger partial charge in [-0.1, -0.05) is 26.7 Å². The Hall–Kier alpha value is -1.78. The van der Waals surface area contributed by atoms with Crippen molar-refractivity contribution in [3.63, 3.8) is 0 Å². The lowest BCUT2D eigenvalue weighted by Gasteiger charge is -2.07. The van der Waals surface area contributed by atoms with Gasteiger partial charge in [0.1, 0.15) is 5.76 Å². The number of nitrogens with one attached hydrogen (secondary N) is 1. The third-order valence-corrected chi connectivity index (χ3v) is 3.07. The van der Waals surface area contributed by atoms with Gasteiger partial charge in [0.05, 0.1) is 11.8 Å². The number of carbonyl (C=O) groups excluding carboxylic acids is 1. The number of amides is 1. The second-order valence-electron chi connectivity index (χ2n) is 5.17. The molecule has 0 radical (unpaired) electrons. The van der Waals surface area contributed by atoms with Crippen molar-refractivity contribution < 1.29 is 19.1 Å². The Morgan fingerprint density at radius 1 is 1.25 bits per heavy atom. The van der Waals surface area contributed by atoms with E-state index in [0.717, 1.165) is 19.3 Å². The third kappa shape index (κ3) is 5.47. The Kier molecular flexibility index (Phi) is 6.84. The van der Waals surface area contributed by atoms with Crippen molar-refractivity contribution in [3.8, 4) is 0 Å². The summed E-state index contributed by atoms with van der Waals surface area (Å²) in [5.41, 5.74) is 0.603. The summed E-state index contributed by atoms with van der Waals surface area (Å²) in [6, 6.07) is 1.69. The van der Waals surface area contributed by atoms with Crippen LogP contribution >= 0.6 is 0 Å². The predicted molar refractivity (Wildman–Crippen MR) is 75.9 cm³/mol. The number of furan rings is 1. The lowest BCUT2D eigenvalue weighted by atomic mass is 10.1. The van der Waals surface area contributed by atoms with Crippen molar-refractivity contribution in [1.82, 2.24) is 5.32 Å². The molecule has 0 saturated heterocycles. The largest absolute Gasteiger partial charge is 0.481 e. The fourth-order valence-corrected chi connectivity index (χ4v) is 2.01. The SMILES string of the molecule is CC(C)c1occc1C(=O)NCCCCCCC(=O)O. The third-order valence-electron chi connectivity index (χ3n) is 3.07. The number of rotatable bonds is 9. The van der Waals surface area contributed by atoms with Crippen molar-refractivity contribution >= 4 is 11.9 Å². The minimum atomic E-state index is -0.750. The lowest BCUT2D eigenvalue weighted by Crippen LogP contribution is -2.25. The topological polar surface area (TPSA) is 79.5 Å². The highest BCUT2D eigenvalue weighted by Gasteiger charge is 2.16. The Labute approximate surface area is 119 Å². The van der Waals surface area contributed by atoms with Crippen LogP contribution in [0.2, 0.25) is 0 Å². The van der Waals surface area contributed by atoms with Gasteiger partial charge in [-0.25, -0.2) is 0 Å². The fourth-order valence-electron chi connectivity index (χ4n) is 2.01. The van der Waals surface area contributed by atoms with Crippen molar-refractivity contribution in [1.29, 1.82) is 0 Å². The maximum absolute atomic E-state index is 12.0. The molecular weight excluding hydrogens is 258 g/mol. The molecule has 0 atom stereocenters. The molecule has 112 valence electrons. The summed E-state index contributed by atoms with van der Waals surface area (Å²) in [6.45, 7) is 4.57. The van der Waals surface area contributed by atoms with Gasteiger partial charge in [-0.3, -0.25) is 9.59 Å². The van der Waals surface area contributed by atoms with E-state index in [1.165, 1.54) is 6.26 Å². The molecule has 0 aliphatic carbocycles. The number of carbonyl (C=O) groups is 2. The van der Waals surface area contributed by atoms with E-state index in [4.69, 9.17) is 9.52 Å². The van der Waals surface area contributed by atoms with Crippen LogP contribution in [0.15, 0.2) is 16.7 Å². The average molecular weight is 281 g/mol. The molecule has 5 nitrogen and oxygen atoms in total. The zero-order valence-corrected chi connectivity index (χ0v) is 12.1. The summed E-state index contributed by atoms with van der Waals surface area (Å²) < 4.78 is 5.31. The molecule has 0 aromatic carbocycles. The number of aliphatic carboxylic acids is 1. The van der Waals surface area contributed by atoms with E-state index in [9.17, 15) is 9.59 Å². The summed E-state index contributed by atoms with van der Waals surface area (Å²) in [5, 5.41) is 11.4. The van der Waals surface area contributed by atoms with Crippen LogP contribution in [0.25, 0.3) is 0 Å². The molecule has 0 unspecified atom stereocenters. The van der Waals surface area contributed by atoms with Crippen LogP contribution in [0.4, 0.5) is 0 Å². The fraction of sp³-hybridized carbons (Fsp3) is 0.600. The quantitative estimate of drug-likeness (QED) is 0.681. The summed E-state index contributed by atoms with van der Waals surface area (Å²) >= 11 is 0. The molecule has 0 aliphatic heterocycles. The Morgan fingerprint density at radius 2 is 1.95 bits per heavy atom. The highest BCUT2D eigenvalue weighted by molar-refractivity contribution is 5.95.